The number of nitrogens with zero attached hydrogens (tertiary/aromatic N) is 1. The first-order valence-electron chi connectivity index (χ1n) is 7.64. The fraction of sp³-hybridized carbons (Fsp3) is 0.867. The summed E-state index contributed by atoms with van der Waals surface area (Å²) in [6, 6.07) is 0. The second kappa shape index (κ2) is 6.48. The lowest BCUT2D eigenvalue weighted by atomic mass is 9.72. The Balaban J connectivity index is 1.82. The maximum atomic E-state index is 12.6. The average Bonchev–Trinajstić information content (AvgIpc) is 2.46. The molecule has 20 heavy (non-hydrogen) atoms. The van der Waals surface area contributed by atoms with Crippen molar-refractivity contribution < 1.29 is 13.2 Å². The van der Waals surface area contributed by atoms with Crippen LogP contribution in [0, 0.1) is 5.41 Å². The maximum absolute atomic E-state index is 12.6. The van der Waals surface area contributed by atoms with Crippen molar-refractivity contribution >= 4 is 0 Å². The highest BCUT2D eigenvalue weighted by Gasteiger charge is 2.35. The summed E-state index contributed by atoms with van der Waals surface area (Å²) in [5.74, 6) is 0. The van der Waals surface area contributed by atoms with E-state index in [2.05, 4.69) is 4.90 Å². The second-order valence-electron chi connectivity index (χ2n) is 6.29. The predicted molar refractivity (Wildman–Crippen MR) is 74.4 cm³/mol. The van der Waals surface area contributed by atoms with E-state index in [4.69, 9.17) is 5.73 Å². The summed E-state index contributed by atoms with van der Waals surface area (Å²) >= 11 is 0. The maximum Gasteiger partial charge on any atom is 0.412 e. The first-order valence-corrected chi connectivity index (χ1v) is 7.64. The van der Waals surface area contributed by atoms with E-state index in [9.17, 15) is 13.2 Å². The van der Waals surface area contributed by atoms with Crippen molar-refractivity contribution in [1.82, 2.24) is 4.90 Å². The molecule has 2 nitrogen and oxygen atoms in total. The Bertz CT molecular complexity index is 344. The normalized spacial score (nSPS) is 24.5. The molecule has 0 saturated heterocycles. The molecule has 116 valence electrons. The van der Waals surface area contributed by atoms with Gasteiger partial charge >= 0.3 is 6.18 Å². The molecule has 1 aliphatic carbocycles. The van der Waals surface area contributed by atoms with E-state index in [1.54, 1.807) is 0 Å². The van der Waals surface area contributed by atoms with Gasteiger partial charge in [0.05, 0.1) is 0 Å². The van der Waals surface area contributed by atoms with Gasteiger partial charge in [0, 0.05) is 18.7 Å². The van der Waals surface area contributed by atoms with Crippen LogP contribution in [0.1, 0.15) is 44.9 Å². The summed E-state index contributed by atoms with van der Waals surface area (Å²) in [6.07, 6.45) is 4.50. The third-order valence-electron chi connectivity index (χ3n) is 4.96. The molecule has 0 atom stereocenters. The molecule has 0 bridgehead atoms. The van der Waals surface area contributed by atoms with Gasteiger partial charge < -0.3 is 5.73 Å². The van der Waals surface area contributed by atoms with Gasteiger partial charge in [-0.1, -0.05) is 25.3 Å². The summed E-state index contributed by atoms with van der Waals surface area (Å²) in [4.78, 5) is 2.13. The van der Waals surface area contributed by atoms with Crippen LogP contribution in [0.25, 0.3) is 0 Å². The Labute approximate surface area is 119 Å². The molecule has 0 aromatic rings. The van der Waals surface area contributed by atoms with Gasteiger partial charge in [-0.05, 0) is 44.2 Å². The third kappa shape index (κ3) is 3.98. The molecule has 0 amide bonds. The van der Waals surface area contributed by atoms with Crippen LogP contribution in [0.2, 0.25) is 0 Å². The van der Waals surface area contributed by atoms with Crippen LogP contribution in [-0.4, -0.2) is 37.3 Å². The monoisotopic (exact) mass is 290 g/mol. The van der Waals surface area contributed by atoms with Crippen LogP contribution in [0.15, 0.2) is 11.6 Å². The van der Waals surface area contributed by atoms with Crippen LogP contribution in [0.4, 0.5) is 13.2 Å². The Morgan fingerprint density at radius 1 is 1.20 bits per heavy atom. The quantitative estimate of drug-likeness (QED) is 0.803. The number of alkyl halides is 3. The lowest BCUT2D eigenvalue weighted by molar-refractivity contribution is -0.0961. The molecule has 0 aromatic heterocycles. The molecule has 0 radical (unpaired) electrons. The standard InChI is InChI=1S/C15H25F3N2/c16-15(17,18)13-4-9-20(10-5-13)11-8-14(12-19)6-2-1-3-7-14/h4H,1-3,5-12,19H2. The summed E-state index contributed by atoms with van der Waals surface area (Å²) in [5.41, 5.74) is 5.83. The molecule has 1 heterocycles. The van der Waals surface area contributed by atoms with Crippen molar-refractivity contribution in [2.24, 2.45) is 11.1 Å². The van der Waals surface area contributed by atoms with Crippen LogP contribution in [-0.2, 0) is 0 Å². The van der Waals surface area contributed by atoms with Gasteiger partial charge in [-0.15, -0.1) is 0 Å². The molecule has 2 aliphatic rings. The molecular formula is C15H25F3N2. The Hall–Kier alpha value is -0.550. The number of halogens is 3. The van der Waals surface area contributed by atoms with Gasteiger partial charge in [0.15, 0.2) is 0 Å². The SMILES string of the molecule is NCC1(CCN2CC=C(C(F)(F)F)CC2)CCCCC1. The van der Waals surface area contributed by atoms with Crippen molar-refractivity contribution in [3.8, 4) is 0 Å². The van der Waals surface area contributed by atoms with Crippen LogP contribution in [0.3, 0.4) is 0 Å². The number of hydrogen-bond donors (Lipinski definition) is 1. The van der Waals surface area contributed by atoms with E-state index in [1.807, 2.05) is 0 Å². The average molecular weight is 290 g/mol. The number of hydrogen-bond acceptors (Lipinski definition) is 2. The lowest BCUT2D eigenvalue weighted by Crippen LogP contribution is -2.39. The van der Waals surface area contributed by atoms with Crippen LogP contribution in [0.5, 0.6) is 0 Å². The van der Waals surface area contributed by atoms with Crippen molar-refractivity contribution in [1.29, 1.82) is 0 Å². The molecule has 1 fully saturated rings. The molecule has 1 aliphatic heterocycles. The molecule has 5 heteroatoms. The van der Waals surface area contributed by atoms with Gasteiger partial charge in [0.2, 0.25) is 0 Å². The van der Waals surface area contributed by atoms with Gasteiger partial charge in [0.25, 0.3) is 0 Å². The Morgan fingerprint density at radius 2 is 1.90 bits per heavy atom. The predicted octanol–water partition coefficient (Wildman–Crippen LogP) is 3.48. The van der Waals surface area contributed by atoms with E-state index in [-0.39, 0.29) is 17.4 Å². The molecule has 2 rings (SSSR count). The summed E-state index contributed by atoms with van der Waals surface area (Å²) in [7, 11) is 0. The third-order valence-corrected chi connectivity index (χ3v) is 4.96. The highest BCUT2D eigenvalue weighted by atomic mass is 19.4. The Kier molecular flexibility index (Phi) is 5.13. The highest BCUT2D eigenvalue weighted by Crippen LogP contribution is 2.38. The second-order valence-corrected chi connectivity index (χ2v) is 6.29. The van der Waals surface area contributed by atoms with Crippen LogP contribution >= 0.6 is 0 Å². The summed E-state index contributed by atoms with van der Waals surface area (Å²) in [5, 5.41) is 0. The smallest absolute Gasteiger partial charge is 0.330 e. The topological polar surface area (TPSA) is 29.3 Å². The van der Waals surface area contributed by atoms with Gasteiger partial charge in [-0.3, -0.25) is 4.90 Å². The van der Waals surface area contributed by atoms with Crippen LogP contribution < -0.4 is 5.73 Å². The minimum absolute atomic E-state index is 0.124. The van der Waals surface area contributed by atoms with Gasteiger partial charge in [0.1, 0.15) is 0 Å². The zero-order chi connectivity index (χ0) is 14.6. The number of rotatable bonds is 4. The fourth-order valence-electron chi connectivity index (χ4n) is 3.43. The highest BCUT2D eigenvalue weighted by molar-refractivity contribution is 5.13. The molecule has 0 unspecified atom stereocenters. The minimum Gasteiger partial charge on any atom is -0.330 e. The van der Waals surface area contributed by atoms with Crippen molar-refractivity contribution in [2.45, 2.75) is 51.1 Å². The van der Waals surface area contributed by atoms with Gasteiger partial charge in [-0.2, -0.15) is 13.2 Å². The Morgan fingerprint density at radius 3 is 2.40 bits per heavy atom. The largest absolute Gasteiger partial charge is 0.412 e. The first-order chi connectivity index (χ1) is 9.45. The zero-order valence-electron chi connectivity index (χ0n) is 12.0. The first kappa shape index (κ1) is 15.8. The van der Waals surface area contributed by atoms with Crippen molar-refractivity contribution in [2.75, 3.05) is 26.2 Å². The van der Waals surface area contributed by atoms with E-state index in [0.29, 0.717) is 19.6 Å². The van der Waals surface area contributed by atoms with Crippen molar-refractivity contribution in [3.05, 3.63) is 11.6 Å². The molecular weight excluding hydrogens is 265 g/mol. The number of nitrogens with two attached hydrogens (primary N) is 1. The molecule has 1 saturated carbocycles. The lowest BCUT2D eigenvalue weighted by Gasteiger charge is -2.38. The van der Waals surface area contributed by atoms with E-state index in [0.717, 1.165) is 13.0 Å². The fourth-order valence-corrected chi connectivity index (χ4v) is 3.43. The molecule has 0 aromatic carbocycles. The summed E-state index contributed by atoms with van der Waals surface area (Å²) < 4.78 is 37.7. The van der Waals surface area contributed by atoms with Gasteiger partial charge in [-0.25, -0.2) is 0 Å². The summed E-state index contributed by atoms with van der Waals surface area (Å²) in [6.45, 7) is 2.53. The zero-order valence-corrected chi connectivity index (χ0v) is 12.0. The molecule has 2 N–H and O–H groups in total. The van der Waals surface area contributed by atoms with Crippen molar-refractivity contribution in [3.63, 3.8) is 0 Å². The van der Waals surface area contributed by atoms with E-state index >= 15 is 0 Å². The van der Waals surface area contributed by atoms with E-state index < -0.39 is 6.18 Å². The minimum atomic E-state index is -4.14. The van der Waals surface area contributed by atoms with E-state index in [1.165, 1.54) is 38.2 Å². The molecule has 0 spiro atoms.